The largest absolute Gasteiger partial charge is 0.439 e. The smallest absolute Gasteiger partial charge is 0.255 e. The van der Waals surface area contributed by atoms with Gasteiger partial charge in [-0.15, -0.1) is 0 Å². The summed E-state index contributed by atoms with van der Waals surface area (Å²) in [5.74, 6) is -0.885. The third-order valence-electron chi connectivity index (χ3n) is 6.19. The highest BCUT2D eigenvalue weighted by Crippen LogP contribution is 2.35. The number of aryl methyl sites for hydroxylation is 2. The van der Waals surface area contributed by atoms with E-state index in [1.807, 2.05) is 13.8 Å². The fraction of sp³-hybridized carbons (Fsp3) is 0.259. The van der Waals surface area contributed by atoms with Gasteiger partial charge in [-0.3, -0.25) is 14.3 Å². The van der Waals surface area contributed by atoms with E-state index in [0.717, 1.165) is 30.3 Å². The molecule has 0 unspecified atom stereocenters. The zero-order valence-corrected chi connectivity index (χ0v) is 20.6. The lowest BCUT2D eigenvalue weighted by Crippen LogP contribution is -2.35. The highest BCUT2D eigenvalue weighted by atomic mass is 35.5. The van der Waals surface area contributed by atoms with E-state index in [1.165, 1.54) is 22.8 Å². The highest BCUT2D eigenvalue weighted by molar-refractivity contribution is 6.30. The average Bonchev–Trinajstić information content (AvgIpc) is 3.23. The van der Waals surface area contributed by atoms with Gasteiger partial charge in [-0.05, 0) is 55.3 Å². The molecule has 0 saturated carbocycles. The van der Waals surface area contributed by atoms with Crippen LogP contribution in [0.25, 0.3) is 28.3 Å². The summed E-state index contributed by atoms with van der Waals surface area (Å²) in [7, 11) is 0. The number of ether oxygens (including phenoxy) is 1. The second-order valence-electron chi connectivity index (χ2n) is 8.81. The molecule has 186 valence electrons. The van der Waals surface area contributed by atoms with Gasteiger partial charge in [0.2, 0.25) is 5.89 Å². The molecule has 0 amide bonds. The van der Waals surface area contributed by atoms with Gasteiger partial charge >= 0.3 is 0 Å². The van der Waals surface area contributed by atoms with Gasteiger partial charge in [0.05, 0.1) is 31.0 Å². The summed E-state index contributed by atoms with van der Waals surface area (Å²) in [6.07, 6.45) is 1.66. The standard InChI is InChI=1S/C27H24ClF2N3O3/c1-16-11-19(28)12-17(2)26(16)33-14-18(3-6-24(33)34)25-27(21-5-4-20(29)13-22(21)30)36-23(31-25)15-32-7-9-35-10-8-32/h3-6,11-14H,7-10,15H2,1-2H3. The number of hydrogen-bond donors (Lipinski definition) is 0. The van der Waals surface area contributed by atoms with E-state index in [2.05, 4.69) is 4.90 Å². The Hall–Kier alpha value is -3.33. The molecule has 1 saturated heterocycles. The Morgan fingerprint density at radius 2 is 1.75 bits per heavy atom. The maximum Gasteiger partial charge on any atom is 0.255 e. The third-order valence-corrected chi connectivity index (χ3v) is 6.41. The number of morpholine rings is 1. The van der Waals surface area contributed by atoms with E-state index in [-0.39, 0.29) is 16.9 Å². The quantitative estimate of drug-likeness (QED) is 0.352. The van der Waals surface area contributed by atoms with Crippen molar-refractivity contribution in [1.82, 2.24) is 14.5 Å². The molecule has 4 aromatic rings. The maximum absolute atomic E-state index is 14.8. The van der Waals surface area contributed by atoms with Crippen LogP contribution in [0.4, 0.5) is 8.78 Å². The van der Waals surface area contributed by atoms with Crippen molar-refractivity contribution in [2.45, 2.75) is 20.4 Å². The Morgan fingerprint density at radius 3 is 2.44 bits per heavy atom. The number of pyridine rings is 1. The van der Waals surface area contributed by atoms with Crippen molar-refractivity contribution in [2.75, 3.05) is 26.3 Å². The van der Waals surface area contributed by atoms with Crippen LogP contribution in [0, 0.1) is 25.5 Å². The van der Waals surface area contributed by atoms with E-state index < -0.39 is 11.6 Å². The second kappa shape index (κ2) is 9.97. The number of aromatic nitrogens is 2. The highest BCUT2D eigenvalue weighted by Gasteiger charge is 2.23. The van der Waals surface area contributed by atoms with Gasteiger partial charge in [-0.1, -0.05) is 11.6 Å². The molecule has 36 heavy (non-hydrogen) atoms. The molecule has 2 aromatic carbocycles. The summed E-state index contributed by atoms with van der Waals surface area (Å²) in [5, 5.41) is 0.580. The summed E-state index contributed by atoms with van der Waals surface area (Å²) in [5.41, 5.74) is 3.13. The van der Waals surface area contributed by atoms with Crippen LogP contribution in [-0.4, -0.2) is 40.8 Å². The van der Waals surface area contributed by atoms with Crippen LogP contribution in [0.2, 0.25) is 5.02 Å². The number of oxazole rings is 1. The molecular weight excluding hydrogens is 488 g/mol. The second-order valence-corrected chi connectivity index (χ2v) is 9.25. The summed E-state index contributed by atoms with van der Waals surface area (Å²) in [6, 6.07) is 9.96. The van der Waals surface area contributed by atoms with Crippen LogP contribution in [0.15, 0.2) is 57.9 Å². The molecule has 1 fully saturated rings. The number of hydrogen-bond acceptors (Lipinski definition) is 5. The van der Waals surface area contributed by atoms with Crippen molar-refractivity contribution in [2.24, 2.45) is 0 Å². The summed E-state index contributed by atoms with van der Waals surface area (Å²) in [4.78, 5) is 19.7. The molecule has 0 spiro atoms. The average molecular weight is 512 g/mol. The van der Waals surface area contributed by atoms with E-state index >= 15 is 0 Å². The number of rotatable bonds is 5. The van der Waals surface area contributed by atoms with Crippen LogP contribution < -0.4 is 5.56 Å². The van der Waals surface area contributed by atoms with Gasteiger partial charge in [0.1, 0.15) is 17.3 Å². The van der Waals surface area contributed by atoms with Crippen LogP contribution in [-0.2, 0) is 11.3 Å². The monoisotopic (exact) mass is 511 g/mol. The van der Waals surface area contributed by atoms with Gasteiger partial charge in [0.15, 0.2) is 5.76 Å². The Labute approximate surface area is 211 Å². The summed E-state index contributed by atoms with van der Waals surface area (Å²) < 4.78 is 41.5. The van der Waals surface area contributed by atoms with Gasteiger partial charge in [-0.25, -0.2) is 13.8 Å². The van der Waals surface area contributed by atoms with E-state index in [1.54, 1.807) is 24.4 Å². The first kappa shape index (κ1) is 24.4. The first-order valence-electron chi connectivity index (χ1n) is 11.6. The van der Waals surface area contributed by atoms with E-state index in [4.69, 9.17) is 25.7 Å². The van der Waals surface area contributed by atoms with Gasteiger partial charge in [0.25, 0.3) is 5.56 Å². The normalized spacial score (nSPS) is 14.4. The predicted molar refractivity (Wildman–Crippen MR) is 133 cm³/mol. The Kier molecular flexibility index (Phi) is 6.75. The van der Waals surface area contributed by atoms with Crippen molar-refractivity contribution in [3.8, 4) is 28.3 Å². The van der Waals surface area contributed by atoms with Crippen molar-refractivity contribution < 1.29 is 17.9 Å². The number of nitrogens with zero attached hydrogens (tertiary/aromatic N) is 3. The Bertz CT molecular complexity index is 1470. The zero-order chi connectivity index (χ0) is 25.4. The lowest BCUT2D eigenvalue weighted by Gasteiger charge is -2.24. The third kappa shape index (κ3) is 4.84. The number of halogens is 3. The van der Waals surface area contributed by atoms with Gasteiger partial charge < -0.3 is 9.15 Å². The fourth-order valence-electron chi connectivity index (χ4n) is 4.52. The molecule has 2 aromatic heterocycles. The van der Waals surface area contributed by atoms with Crippen LogP contribution >= 0.6 is 11.6 Å². The van der Waals surface area contributed by atoms with E-state index in [9.17, 15) is 13.6 Å². The molecule has 1 aliphatic heterocycles. The predicted octanol–water partition coefficient (Wildman–Crippen LogP) is 5.54. The molecule has 9 heteroatoms. The molecule has 0 N–H and O–H groups in total. The first-order valence-corrected chi connectivity index (χ1v) is 11.9. The molecule has 1 aliphatic rings. The number of benzene rings is 2. The Balaban J connectivity index is 1.65. The summed E-state index contributed by atoms with van der Waals surface area (Å²) >= 11 is 6.19. The van der Waals surface area contributed by atoms with E-state index in [0.29, 0.717) is 47.6 Å². The molecule has 3 heterocycles. The minimum Gasteiger partial charge on any atom is -0.439 e. The minimum atomic E-state index is -0.761. The van der Waals surface area contributed by atoms with Crippen molar-refractivity contribution in [1.29, 1.82) is 0 Å². The van der Waals surface area contributed by atoms with Crippen LogP contribution in [0.5, 0.6) is 0 Å². The van der Waals surface area contributed by atoms with Crippen LogP contribution in [0.1, 0.15) is 17.0 Å². The van der Waals surface area contributed by atoms with Crippen molar-refractivity contribution in [3.05, 3.63) is 92.7 Å². The van der Waals surface area contributed by atoms with Crippen LogP contribution in [0.3, 0.4) is 0 Å². The fourth-order valence-corrected chi connectivity index (χ4v) is 4.85. The molecule has 5 rings (SSSR count). The molecule has 0 atom stereocenters. The molecular formula is C27H24ClF2N3O3. The van der Waals surface area contributed by atoms with Crippen molar-refractivity contribution in [3.63, 3.8) is 0 Å². The molecule has 6 nitrogen and oxygen atoms in total. The van der Waals surface area contributed by atoms with Gasteiger partial charge in [0, 0.05) is 42.0 Å². The lowest BCUT2D eigenvalue weighted by atomic mass is 10.1. The zero-order valence-electron chi connectivity index (χ0n) is 19.9. The topological polar surface area (TPSA) is 60.5 Å². The SMILES string of the molecule is Cc1cc(Cl)cc(C)c1-n1cc(-c2nc(CN3CCOCC3)oc2-c2ccc(F)cc2F)ccc1=O. The summed E-state index contributed by atoms with van der Waals surface area (Å²) in [6.45, 7) is 6.83. The maximum atomic E-state index is 14.8. The lowest BCUT2D eigenvalue weighted by molar-refractivity contribution is 0.0307. The molecule has 0 bridgehead atoms. The first-order chi connectivity index (χ1) is 17.3. The minimum absolute atomic E-state index is 0.0868. The molecule has 0 radical (unpaired) electrons. The van der Waals surface area contributed by atoms with Gasteiger partial charge in [-0.2, -0.15) is 0 Å². The van der Waals surface area contributed by atoms with Crippen molar-refractivity contribution >= 4 is 11.6 Å². The Morgan fingerprint density at radius 1 is 1.03 bits per heavy atom. The molecule has 0 aliphatic carbocycles.